The van der Waals surface area contributed by atoms with Crippen molar-refractivity contribution in [3.8, 4) is 11.8 Å². The van der Waals surface area contributed by atoms with E-state index in [1.807, 2.05) is 4.90 Å². The molecule has 9 rings (SSSR count). The number of piperazine rings is 1. The summed E-state index contributed by atoms with van der Waals surface area (Å²) in [5, 5.41) is 20.4. The van der Waals surface area contributed by atoms with E-state index >= 15 is 14.4 Å². The highest BCUT2D eigenvalue weighted by Gasteiger charge is 2.78. The lowest BCUT2D eigenvalue weighted by Crippen LogP contribution is -2.66. The largest absolute Gasteiger partial charge is 0.468 e. The van der Waals surface area contributed by atoms with Gasteiger partial charge in [0.15, 0.2) is 5.92 Å². The predicted molar refractivity (Wildman–Crippen MR) is 246 cm³/mol. The van der Waals surface area contributed by atoms with E-state index < -0.39 is 41.3 Å². The Morgan fingerprint density at radius 3 is 2.10 bits per heavy atom. The summed E-state index contributed by atoms with van der Waals surface area (Å²) in [7, 11) is 2.48. The number of methoxy groups -OCH3 is 2. The third-order valence-electron chi connectivity index (χ3n) is 18.0. The lowest BCUT2D eigenvalue weighted by atomic mass is 9.55. The van der Waals surface area contributed by atoms with E-state index in [-0.39, 0.29) is 97.6 Å². The van der Waals surface area contributed by atoms with Gasteiger partial charge in [0.2, 0.25) is 11.8 Å². The number of aliphatic hydroxyl groups is 1. The van der Waals surface area contributed by atoms with Crippen molar-refractivity contribution in [1.82, 2.24) is 30.7 Å². The topological polar surface area (TPSA) is 188 Å². The molecule has 5 aliphatic heterocycles. The lowest BCUT2D eigenvalue weighted by Gasteiger charge is -2.54. The molecule has 372 valence electrons. The van der Waals surface area contributed by atoms with Crippen LogP contribution in [0.5, 0.6) is 0 Å². The molecule has 16 heteroatoms. The molecular weight excluding hydrogens is 857 g/mol. The first kappa shape index (κ1) is 48.7. The maximum absolute atomic E-state index is 16.1. The quantitative estimate of drug-likeness (QED) is 0.103. The number of esters is 3. The molecule has 16 nitrogen and oxygen atoms in total. The van der Waals surface area contributed by atoms with E-state index in [9.17, 15) is 14.7 Å². The van der Waals surface area contributed by atoms with Crippen LogP contribution in [0.3, 0.4) is 0 Å². The van der Waals surface area contributed by atoms with Gasteiger partial charge >= 0.3 is 17.9 Å². The SMILES string of the molecule is COC(=O)C(CC#CC1CCC2NC(=O)[C@@]3(C2C1)[C@H](C(=O)N1CCN(C2NCCCN2)CC1)[C@H]1C(=O)O[C@H](C2CCCCC2)[C@H](C2CCCCC2)N1[C@@H]3C1CCC(OCCO)CC1)C(=O)OC. The van der Waals surface area contributed by atoms with E-state index in [0.29, 0.717) is 45.4 Å². The highest BCUT2D eigenvalue weighted by atomic mass is 16.6. The minimum atomic E-state index is -1.24. The predicted octanol–water partition coefficient (Wildman–Crippen LogP) is 2.95. The molecule has 9 atom stereocenters. The van der Waals surface area contributed by atoms with E-state index in [1.54, 1.807) is 0 Å². The zero-order chi connectivity index (χ0) is 46.7. The van der Waals surface area contributed by atoms with Crippen LogP contribution in [-0.4, -0.2) is 159 Å². The maximum Gasteiger partial charge on any atom is 0.324 e. The standard InChI is InChI=1S/C51H78N6O10/c1-64-46(60)37(47(61)65-2)16-9-11-32-17-22-39-38(31-32)51(49(63)54-39)40(45(59)55-25-27-56(28-26-55)50-52-23-10-24-53-50)42-48(62)67-43(34-14-7-4-8-15-34)41(33-12-5-3-6-13-33)57(42)44(51)35-18-20-36(21-19-35)66-30-29-58/h32-44,50,52-53,58H,3-8,10,12-31H2,1-2H3,(H,54,63)/t32?,35?,36?,38?,39?,40-,41-,42-,43+,44+,51-/m0/s1. The molecule has 5 saturated heterocycles. The third-order valence-corrected chi connectivity index (χ3v) is 18.0. The van der Waals surface area contributed by atoms with Crippen molar-refractivity contribution in [3.05, 3.63) is 0 Å². The number of morpholine rings is 1. The summed E-state index contributed by atoms with van der Waals surface area (Å²) in [5.41, 5.74) is -1.24. The van der Waals surface area contributed by atoms with Crippen molar-refractivity contribution in [2.24, 2.45) is 46.8 Å². The summed E-state index contributed by atoms with van der Waals surface area (Å²) >= 11 is 0. The molecule has 9 fully saturated rings. The molecule has 9 aliphatic rings. The molecule has 4 saturated carbocycles. The number of fused-ring (bicyclic) bond motifs is 3. The van der Waals surface area contributed by atoms with E-state index in [4.69, 9.17) is 18.9 Å². The third kappa shape index (κ3) is 9.52. The van der Waals surface area contributed by atoms with Gasteiger partial charge < -0.3 is 34.3 Å². The second-order valence-corrected chi connectivity index (χ2v) is 21.4. The van der Waals surface area contributed by atoms with Gasteiger partial charge in [-0.25, -0.2) is 0 Å². The van der Waals surface area contributed by atoms with Crippen LogP contribution in [0.25, 0.3) is 0 Å². The van der Waals surface area contributed by atoms with Crippen molar-refractivity contribution < 1.29 is 48.0 Å². The molecule has 0 aromatic heterocycles. The first-order valence-corrected chi connectivity index (χ1v) is 26.3. The normalized spacial score (nSPS) is 37.0. The van der Waals surface area contributed by atoms with Gasteiger partial charge in [-0.2, -0.15) is 0 Å². The number of nitrogens with one attached hydrogen (secondary N) is 3. The van der Waals surface area contributed by atoms with Crippen LogP contribution in [0.4, 0.5) is 0 Å². The van der Waals surface area contributed by atoms with E-state index in [1.165, 1.54) is 27.1 Å². The van der Waals surface area contributed by atoms with Crippen molar-refractivity contribution in [1.29, 1.82) is 0 Å². The first-order valence-electron chi connectivity index (χ1n) is 26.3. The smallest absolute Gasteiger partial charge is 0.324 e. The highest BCUT2D eigenvalue weighted by Crippen LogP contribution is 2.64. The number of nitrogens with zero attached hydrogens (tertiary/aromatic N) is 3. The Bertz CT molecular complexity index is 1810. The monoisotopic (exact) mass is 935 g/mol. The highest BCUT2D eigenvalue weighted by molar-refractivity contribution is 5.99. The molecule has 0 aromatic carbocycles. The number of amides is 2. The number of carbonyl (C=O) groups is 5. The molecule has 2 amide bonds. The Kier molecular flexibility index (Phi) is 15.8. The first-order chi connectivity index (χ1) is 32.7. The van der Waals surface area contributed by atoms with Crippen LogP contribution in [0.15, 0.2) is 0 Å². The van der Waals surface area contributed by atoms with E-state index in [2.05, 4.69) is 37.6 Å². The average Bonchev–Trinajstić information content (AvgIpc) is 3.85. The summed E-state index contributed by atoms with van der Waals surface area (Å²) in [5.74, 6) is 2.55. The molecule has 67 heavy (non-hydrogen) atoms. The van der Waals surface area contributed by atoms with Gasteiger partial charge in [-0.1, -0.05) is 44.4 Å². The zero-order valence-corrected chi connectivity index (χ0v) is 40.1. The number of cyclic esters (lactones) is 1. The molecule has 4 N–H and O–H groups in total. The number of rotatable bonds is 11. The van der Waals surface area contributed by atoms with Crippen molar-refractivity contribution in [2.75, 3.05) is 66.7 Å². The van der Waals surface area contributed by atoms with Crippen LogP contribution >= 0.6 is 0 Å². The van der Waals surface area contributed by atoms with Gasteiger partial charge in [-0.15, -0.1) is 5.92 Å². The van der Waals surface area contributed by atoms with Crippen LogP contribution in [0.2, 0.25) is 0 Å². The number of carbonyl (C=O) groups excluding carboxylic acids is 5. The molecule has 0 aromatic rings. The molecule has 0 bridgehead atoms. The second kappa shape index (κ2) is 21.8. The van der Waals surface area contributed by atoms with Gasteiger partial charge in [0.05, 0.1) is 50.9 Å². The Morgan fingerprint density at radius 2 is 1.46 bits per heavy atom. The van der Waals surface area contributed by atoms with Gasteiger partial charge in [-0.3, -0.25) is 44.4 Å². The van der Waals surface area contributed by atoms with Crippen LogP contribution < -0.4 is 16.0 Å². The van der Waals surface area contributed by atoms with E-state index in [0.717, 1.165) is 96.6 Å². The Labute approximate surface area is 397 Å². The molecule has 5 heterocycles. The van der Waals surface area contributed by atoms with Crippen molar-refractivity contribution in [3.63, 3.8) is 0 Å². The molecular formula is C51H78N6O10. The molecule has 1 spiro atoms. The summed E-state index contributed by atoms with van der Waals surface area (Å²) in [6.07, 6.45) is 16.7. The average molecular weight is 935 g/mol. The van der Waals surface area contributed by atoms with Gasteiger partial charge in [0.25, 0.3) is 0 Å². The Morgan fingerprint density at radius 1 is 0.806 bits per heavy atom. The lowest BCUT2D eigenvalue weighted by molar-refractivity contribution is -0.191. The fourth-order valence-electron chi connectivity index (χ4n) is 15.0. The fourth-order valence-corrected chi connectivity index (χ4v) is 15.0. The Balaban J connectivity index is 1.14. The van der Waals surface area contributed by atoms with Crippen molar-refractivity contribution in [2.45, 2.75) is 165 Å². The fraction of sp³-hybridized carbons (Fsp3) is 0.863. The second-order valence-electron chi connectivity index (χ2n) is 21.4. The molecule has 4 aliphatic carbocycles. The number of aliphatic hydroxyl groups excluding tert-OH is 1. The summed E-state index contributed by atoms with van der Waals surface area (Å²) in [4.78, 5) is 79.7. The summed E-state index contributed by atoms with van der Waals surface area (Å²) in [6.45, 7) is 4.42. The minimum absolute atomic E-state index is 0.00726. The minimum Gasteiger partial charge on any atom is -0.468 e. The van der Waals surface area contributed by atoms with Gasteiger partial charge in [-0.05, 0) is 114 Å². The zero-order valence-electron chi connectivity index (χ0n) is 40.1. The van der Waals surface area contributed by atoms with Crippen LogP contribution in [0, 0.1) is 58.7 Å². The summed E-state index contributed by atoms with van der Waals surface area (Å²) in [6, 6.07) is -1.60. The van der Waals surface area contributed by atoms with Gasteiger partial charge in [0.1, 0.15) is 18.4 Å². The van der Waals surface area contributed by atoms with Crippen LogP contribution in [-0.2, 0) is 42.9 Å². The molecule has 0 radical (unpaired) electrons. The summed E-state index contributed by atoms with van der Waals surface area (Å²) < 4.78 is 22.9. The number of hydrogen-bond acceptors (Lipinski definition) is 14. The van der Waals surface area contributed by atoms with Crippen molar-refractivity contribution >= 4 is 29.7 Å². The van der Waals surface area contributed by atoms with Crippen LogP contribution in [0.1, 0.15) is 122 Å². The maximum atomic E-state index is 16.1. The Hall–Kier alpha value is -3.33. The number of hydrogen-bond donors (Lipinski definition) is 4. The number of ether oxygens (including phenoxy) is 4. The molecule has 3 unspecified atom stereocenters. The van der Waals surface area contributed by atoms with Gasteiger partial charge in [0, 0.05) is 50.6 Å².